The second-order valence-electron chi connectivity index (χ2n) is 5.68. The molecule has 0 bridgehead atoms. The van der Waals surface area contributed by atoms with E-state index in [-0.39, 0.29) is 12.1 Å². The van der Waals surface area contributed by atoms with Crippen molar-refractivity contribution in [3.8, 4) is 5.75 Å². The highest BCUT2D eigenvalue weighted by Crippen LogP contribution is 2.33. The molecule has 1 aliphatic heterocycles. The van der Waals surface area contributed by atoms with Gasteiger partial charge in [-0.3, -0.25) is 14.6 Å². The average Bonchev–Trinajstić information content (AvgIpc) is 2.95. The average molecular weight is 387 g/mol. The van der Waals surface area contributed by atoms with Crippen molar-refractivity contribution in [3.63, 3.8) is 0 Å². The number of anilines is 2. The number of carbonyl (C=O) groups is 2. The monoisotopic (exact) mass is 387 g/mol. The molecule has 1 fully saturated rings. The fraction of sp³-hybridized carbons (Fsp3) is 0.211. The van der Waals surface area contributed by atoms with Gasteiger partial charge in [0.2, 0.25) is 11.8 Å². The minimum absolute atomic E-state index is 0.0234. The first kappa shape index (κ1) is 18.9. The summed E-state index contributed by atoms with van der Waals surface area (Å²) in [5.74, 6) is -0.879. The maximum atomic E-state index is 14.0. The van der Waals surface area contributed by atoms with Crippen molar-refractivity contribution in [1.29, 1.82) is 0 Å². The number of imide groups is 1. The molecule has 27 heavy (non-hydrogen) atoms. The zero-order valence-electron chi connectivity index (χ0n) is 14.8. The number of carbonyl (C=O) groups excluding carboxylic acids is 2. The predicted octanol–water partition coefficient (Wildman–Crippen LogP) is 3.30. The van der Waals surface area contributed by atoms with E-state index in [4.69, 9.17) is 4.74 Å². The van der Waals surface area contributed by atoms with Gasteiger partial charge in [-0.05, 0) is 24.3 Å². The molecule has 1 saturated heterocycles. The van der Waals surface area contributed by atoms with Gasteiger partial charge in [0.1, 0.15) is 16.8 Å². The van der Waals surface area contributed by atoms with Gasteiger partial charge in [0.15, 0.2) is 5.17 Å². The number of amidine groups is 1. The molecule has 140 valence electrons. The molecule has 0 aliphatic carbocycles. The van der Waals surface area contributed by atoms with Gasteiger partial charge in [-0.1, -0.05) is 36.0 Å². The molecule has 2 aromatic rings. The van der Waals surface area contributed by atoms with Crippen LogP contribution in [0.4, 0.5) is 15.8 Å². The number of methoxy groups -OCH3 is 1. The fourth-order valence-corrected chi connectivity index (χ4v) is 3.69. The molecule has 6 nitrogen and oxygen atoms in total. The molecule has 0 unspecified atom stereocenters. The third-order valence-electron chi connectivity index (χ3n) is 4.00. The predicted molar refractivity (Wildman–Crippen MR) is 105 cm³/mol. The summed E-state index contributed by atoms with van der Waals surface area (Å²) >= 11 is 1.13. The molecule has 1 atom stereocenters. The Bertz CT molecular complexity index is 903. The number of benzene rings is 2. The van der Waals surface area contributed by atoms with E-state index in [0.717, 1.165) is 16.7 Å². The molecule has 2 aromatic carbocycles. The first-order chi connectivity index (χ1) is 13.0. The van der Waals surface area contributed by atoms with E-state index in [2.05, 4.69) is 10.3 Å². The number of aliphatic imine (C=N–C) groups is 1. The second-order valence-corrected chi connectivity index (χ2v) is 6.87. The van der Waals surface area contributed by atoms with Gasteiger partial charge >= 0.3 is 0 Å². The van der Waals surface area contributed by atoms with Crippen molar-refractivity contribution in [2.45, 2.75) is 11.7 Å². The largest absolute Gasteiger partial charge is 0.495 e. The fourth-order valence-electron chi connectivity index (χ4n) is 2.72. The maximum Gasteiger partial charge on any atom is 0.247 e. The van der Waals surface area contributed by atoms with Crippen LogP contribution in [0.1, 0.15) is 6.42 Å². The molecular weight excluding hydrogens is 369 g/mol. The minimum atomic E-state index is -0.682. The Kier molecular flexibility index (Phi) is 5.75. The van der Waals surface area contributed by atoms with Crippen LogP contribution in [0.5, 0.6) is 5.75 Å². The number of nitrogens with one attached hydrogen (secondary N) is 1. The topological polar surface area (TPSA) is 71.0 Å². The zero-order valence-corrected chi connectivity index (χ0v) is 15.6. The Hall–Kier alpha value is -2.87. The number of ether oxygens (including phenoxy) is 1. The van der Waals surface area contributed by atoms with Crippen molar-refractivity contribution in [2.24, 2.45) is 4.99 Å². The lowest BCUT2D eigenvalue weighted by molar-refractivity contribution is -0.121. The van der Waals surface area contributed by atoms with Crippen LogP contribution in [0, 0.1) is 5.82 Å². The smallest absolute Gasteiger partial charge is 0.247 e. The van der Waals surface area contributed by atoms with E-state index in [1.807, 2.05) is 18.2 Å². The van der Waals surface area contributed by atoms with Crippen molar-refractivity contribution >= 4 is 40.1 Å². The Morgan fingerprint density at radius 2 is 1.93 bits per heavy atom. The number of para-hydroxylation sites is 3. The number of hydrogen-bond acceptors (Lipinski definition) is 5. The summed E-state index contributed by atoms with van der Waals surface area (Å²) < 4.78 is 19.3. The number of halogens is 1. The summed E-state index contributed by atoms with van der Waals surface area (Å²) in [7, 11) is 3.14. The van der Waals surface area contributed by atoms with Crippen LogP contribution in [-0.2, 0) is 9.59 Å². The van der Waals surface area contributed by atoms with Crippen LogP contribution in [-0.4, -0.2) is 36.4 Å². The van der Waals surface area contributed by atoms with Crippen LogP contribution >= 0.6 is 11.8 Å². The van der Waals surface area contributed by atoms with Gasteiger partial charge < -0.3 is 10.1 Å². The SMILES string of the molecule is CN=C(Nc1ccccc1OC)S[C@@H]1CC(=O)N(c2ccccc2F)C1=O. The van der Waals surface area contributed by atoms with Gasteiger partial charge in [-0.25, -0.2) is 9.29 Å². The summed E-state index contributed by atoms with van der Waals surface area (Å²) in [5.41, 5.74) is 0.666. The first-order valence-electron chi connectivity index (χ1n) is 8.20. The third kappa shape index (κ3) is 3.95. The maximum absolute atomic E-state index is 14.0. The van der Waals surface area contributed by atoms with Crippen LogP contribution in [0.3, 0.4) is 0 Å². The lowest BCUT2D eigenvalue weighted by Crippen LogP contribution is -2.32. The lowest BCUT2D eigenvalue weighted by Gasteiger charge is -2.16. The molecule has 8 heteroatoms. The van der Waals surface area contributed by atoms with Crippen LogP contribution in [0.2, 0.25) is 0 Å². The highest BCUT2D eigenvalue weighted by molar-refractivity contribution is 8.15. The van der Waals surface area contributed by atoms with Crippen LogP contribution < -0.4 is 15.0 Å². The number of amides is 2. The molecule has 0 spiro atoms. The summed E-state index contributed by atoms with van der Waals surface area (Å²) in [4.78, 5) is 30.1. The van der Waals surface area contributed by atoms with E-state index in [1.165, 1.54) is 18.2 Å². The van der Waals surface area contributed by atoms with Gasteiger partial charge in [-0.15, -0.1) is 0 Å². The van der Waals surface area contributed by atoms with Crippen LogP contribution in [0.25, 0.3) is 0 Å². The van der Waals surface area contributed by atoms with Crippen LogP contribution in [0.15, 0.2) is 53.5 Å². The number of nitrogens with zero attached hydrogens (tertiary/aromatic N) is 2. The minimum Gasteiger partial charge on any atom is -0.495 e. The summed E-state index contributed by atoms with van der Waals surface area (Å²) in [6.07, 6.45) is -0.0234. The molecule has 0 radical (unpaired) electrons. The molecule has 3 rings (SSSR count). The van der Waals surface area contributed by atoms with Crippen molar-refractivity contribution < 1.29 is 18.7 Å². The quantitative estimate of drug-likeness (QED) is 0.495. The standard InChI is InChI=1S/C19H18FN3O3S/c1-21-19(22-13-8-4-6-10-15(13)26-2)27-16-11-17(24)23(18(16)25)14-9-5-3-7-12(14)20/h3-10,16H,11H2,1-2H3,(H,21,22)/t16-/m1/s1. The number of thioether (sulfide) groups is 1. The molecule has 1 heterocycles. The van der Waals surface area contributed by atoms with Gasteiger partial charge in [0.25, 0.3) is 0 Å². The van der Waals surface area contributed by atoms with E-state index in [1.54, 1.807) is 26.3 Å². The third-order valence-corrected chi connectivity index (χ3v) is 5.16. The van der Waals surface area contributed by atoms with E-state index < -0.39 is 22.9 Å². The van der Waals surface area contributed by atoms with Gasteiger partial charge in [-0.2, -0.15) is 0 Å². The van der Waals surface area contributed by atoms with E-state index in [0.29, 0.717) is 16.6 Å². The molecule has 1 aliphatic rings. The first-order valence-corrected chi connectivity index (χ1v) is 9.08. The molecule has 0 saturated carbocycles. The highest BCUT2D eigenvalue weighted by atomic mass is 32.2. The van der Waals surface area contributed by atoms with Crippen molar-refractivity contribution in [3.05, 3.63) is 54.3 Å². The van der Waals surface area contributed by atoms with E-state index in [9.17, 15) is 14.0 Å². The Morgan fingerprint density at radius 3 is 2.63 bits per heavy atom. The van der Waals surface area contributed by atoms with Gasteiger partial charge in [0.05, 0.1) is 18.5 Å². The summed E-state index contributed by atoms with van der Waals surface area (Å²) in [5, 5.41) is 2.89. The van der Waals surface area contributed by atoms with Crippen molar-refractivity contribution in [2.75, 3.05) is 24.4 Å². The second kappa shape index (κ2) is 8.22. The lowest BCUT2D eigenvalue weighted by atomic mass is 10.3. The Balaban J connectivity index is 1.76. The molecule has 1 N–H and O–H groups in total. The van der Waals surface area contributed by atoms with E-state index >= 15 is 0 Å². The molecule has 2 amide bonds. The highest BCUT2D eigenvalue weighted by Gasteiger charge is 2.41. The Labute approximate surface area is 160 Å². The number of hydrogen-bond donors (Lipinski definition) is 1. The summed E-state index contributed by atoms with van der Waals surface area (Å²) in [6.45, 7) is 0. The molecular formula is C19H18FN3O3S. The number of rotatable bonds is 4. The summed E-state index contributed by atoms with van der Waals surface area (Å²) in [6, 6.07) is 13.0. The Morgan fingerprint density at radius 1 is 1.22 bits per heavy atom. The zero-order chi connectivity index (χ0) is 19.4. The van der Waals surface area contributed by atoms with Crippen molar-refractivity contribution in [1.82, 2.24) is 0 Å². The molecule has 0 aromatic heterocycles. The normalized spacial score (nSPS) is 17.4. The van der Waals surface area contributed by atoms with Gasteiger partial charge in [0, 0.05) is 13.5 Å².